The van der Waals surface area contributed by atoms with Gasteiger partial charge in [0.1, 0.15) is 5.52 Å². The maximum atomic E-state index is 12.6. The first-order valence-electron chi connectivity index (χ1n) is 11.1. The number of hydrogen-bond donors (Lipinski definition) is 4. The summed E-state index contributed by atoms with van der Waals surface area (Å²) in [5, 5.41) is 6.60. The number of rotatable bonds is 9. The lowest BCUT2D eigenvalue weighted by Crippen LogP contribution is -2.42. The Hall–Kier alpha value is -2.91. The fourth-order valence-electron chi connectivity index (χ4n) is 3.91. The third kappa shape index (κ3) is 5.23. The van der Waals surface area contributed by atoms with Gasteiger partial charge in [-0.2, -0.15) is 9.97 Å². The Morgan fingerprint density at radius 3 is 2.48 bits per heavy atom. The largest absolute Gasteiger partial charge is 0.382 e. The molecule has 0 amide bonds. The number of nitrogen functional groups attached to an aromatic ring is 1. The minimum Gasteiger partial charge on any atom is -0.382 e. The second-order valence-electron chi connectivity index (χ2n) is 8.12. The van der Waals surface area contributed by atoms with Crippen LogP contribution in [0.2, 0.25) is 0 Å². The Morgan fingerprint density at radius 1 is 1.06 bits per heavy atom. The van der Waals surface area contributed by atoms with E-state index in [1.165, 1.54) is 5.56 Å². The minimum absolute atomic E-state index is 0.232. The van der Waals surface area contributed by atoms with Gasteiger partial charge in [-0.25, -0.2) is 4.79 Å². The summed E-state index contributed by atoms with van der Waals surface area (Å²) in [6.07, 6.45) is 3.33. The molecule has 0 bridgehead atoms. The summed E-state index contributed by atoms with van der Waals surface area (Å²) in [7, 11) is 0. The molecule has 0 saturated carbocycles. The van der Waals surface area contributed by atoms with Gasteiger partial charge in [-0.15, -0.1) is 0 Å². The fourth-order valence-corrected chi connectivity index (χ4v) is 3.91. The topological polar surface area (TPSA) is 117 Å². The molecule has 9 heteroatoms. The van der Waals surface area contributed by atoms with E-state index < -0.39 is 0 Å². The van der Waals surface area contributed by atoms with Crippen molar-refractivity contribution < 1.29 is 0 Å². The highest BCUT2D eigenvalue weighted by atomic mass is 16.1. The number of benzene rings is 1. The van der Waals surface area contributed by atoms with E-state index >= 15 is 0 Å². The number of piperazine rings is 1. The maximum absolute atomic E-state index is 12.6. The summed E-state index contributed by atoms with van der Waals surface area (Å²) in [4.78, 5) is 26.7. The Morgan fingerprint density at radius 2 is 1.77 bits per heavy atom. The Labute approximate surface area is 182 Å². The SMILES string of the molecule is CCCCCNc1nc(N)c2[nH]c(=O)n(Cc3ccc(CN4CCNCC4)cc3)c2n1. The van der Waals surface area contributed by atoms with Crippen molar-refractivity contribution in [1.29, 1.82) is 0 Å². The molecule has 1 aliphatic rings. The van der Waals surface area contributed by atoms with Crippen LogP contribution in [0.4, 0.5) is 11.8 Å². The van der Waals surface area contributed by atoms with Crippen LogP contribution in [-0.2, 0) is 13.1 Å². The number of nitrogens with zero attached hydrogens (tertiary/aromatic N) is 4. The number of nitrogens with two attached hydrogens (primary N) is 1. The quantitative estimate of drug-likeness (QED) is 0.387. The number of hydrogen-bond acceptors (Lipinski definition) is 7. The van der Waals surface area contributed by atoms with Gasteiger partial charge < -0.3 is 21.4 Å². The van der Waals surface area contributed by atoms with Crippen LogP contribution in [0.1, 0.15) is 37.3 Å². The molecule has 3 heterocycles. The van der Waals surface area contributed by atoms with E-state index in [9.17, 15) is 4.79 Å². The lowest BCUT2D eigenvalue weighted by molar-refractivity contribution is 0.233. The van der Waals surface area contributed by atoms with Gasteiger partial charge in [-0.3, -0.25) is 9.47 Å². The molecule has 0 aliphatic carbocycles. The van der Waals surface area contributed by atoms with Gasteiger partial charge in [-0.1, -0.05) is 44.0 Å². The number of nitrogens with one attached hydrogen (secondary N) is 3. The first-order valence-corrected chi connectivity index (χ1v) is 11.1. The number of anilines is 2. The molecular formula is C22H32N8O. The smallest absolute Gasteiger partial charge is 0.328 e. The average molecular weight is 425 g/mol. The number of aromatic nitrogens is 4. The summed E-state index contributed by atoms with van der Waals surface area (Å²) >= 11 is 0. The van der Waals surface area contributed by atoms with Crippen molar-refractivity contribution in [3.05, 3.63) is 45.9 Å². The van der Waals surface area contributed by atoms with E-state index in [0.717, 1.165) is 64.1 Å². The van der Waals surface area contributed by atoms with Gasteiger partial charge in [0.25, 0.3) is 0 Å². The molecule has 9 nitrogen and oxygen atoms in total. The molecule has 0 spiro atoms. The molecule has 0 radical (unpaired) electrons. The van der Waals surface area contributed by atoms with Crippen molar-refractivity contribution in [2.75, 3.05) is 43.8 Å². The molecule has 5 N–H and O–H groups in total. The third-order valence-corrected chi connectivity index (χ3v) is 5.69. The van der Waals surface area contributed by atoms with Crippen molar-refractivity contribution in [3.63, 3.8) is 0 Å². The van der Waals surface area contributed by atoms with Crippen LogP contribution in [0.25, 0.3) is 11.2 Å². The van der Waals surface area contributed by atoms with E-state index in [2.05, 4.69) is 61.7 Å². The van der Waals surface area contributed by atoms with Crippen molar-refractivity contribution in [2.24, 2.45) is 0 Å². The molecule has 1 saturated heterocycles. The zero-order valence-electron chi connectivity index (χ0n) is 18.2. The molecule has 31 heavy (non-hydrogen) atoms. The van der Waals surface area contributed by atoms with Gasteiger partial charge in [0.2, 0.25) is 5.95 Å². The van der Waals surface area contributed by atoms with Gasteiger partial charge in [-0.05, 0) is 17.5 Å². The van der Waals surface area contributed by atoms with Crippen LogP contribution in [0, 0.1) is 0 Å². The van der Waals surface area contributed by atoms with Crippen molar-refractivity contribution in [2.45, 2.75) is 39.3 Å². The zero-order chi connectivity index (χ0) is 21.6. The van der Waals surface area contributed by atoms with E-state index in [-0.39, 0.29) is 11.5 Å². The average Bonchev–Trinajstić information content (AvgIpc) is 3.09. The van der Waals surface area contributed by atoms with E-state index in [4.69, 9.17) is 5.73 Å². The van der Waals surface area contributed by atoms with Crippen LogP contribution in [0.3, 0.4) is 0 Å². The molecule has 4 rings (SSSR count). The Balaban J connectivity index is 1.50. The summed E-state index contributed by atoms with van der Waals surface area (Å²) in [6.45, 7) is 8.55. The summed E-state index contributed by atoms with van der Waals surface area (Å²) in [6, 6.07) is 8.44. The third-order valence-electron chi connectivity index (χ3n) is 5.69. The molecule has 0 unspecified atom stereocenters. The highest BCUT2D eigenvalue weighted by Crippen LogP contribution is 2.18. The summed E-state index contributed by atoms with van der Waals surface area (Å²) in [5.41, 5.74) is 9.19. The zero-order valence-corrected chi connectivity index (χ0v) is 18.2. The monoisotopic (exact) mass is 424 g/mol. The maximum Gasteiger partial charge on any atom is 0.328 e. The van der Waals surface area contributed by atoms with Gasteiger partial charge in [0, 0.05) is 39.3 Å². The Kier molecular flexibility index (Phi) is 6.83. The van der Waals surface area contributed by atoms with Gasteiger partial charge in [0.15, 0.2) is 11.5 Å². The lowest BCUT2D eigenvalue weighted by Gasteiger charge is -2.27. The molecular weight excluding hydrogens is 392 g/mol. The summed E-state index contributed by atoms with van der Waals surface area (Å²) in [5.74, 6) is 0.741. The lowest BCUT2D eigenvalue weighted by atomic mass is 10.1. The predicted molar refractivity (Wildman–Crippen MR) is 124 cm³/mol. The predicted octanol–water partition coefficient (Wildman–Crippen LogP) is 1.76. The van der Waals surface area contributed by atoms with Gasteiger partial charge >= 0.3 is 5.69 Å². The first-order chi connectivity index (χ1) is 15.1. The number of H-pyrrole nitrogens is 1. The number of fused-ring (bicyclic) bond motifs is 1. The second kappa shape index (κ2) is 9.93. The molecule has 3 aromatic rings. The van der Waals surface area contributed by atoms with Crippen molar-refractivity contribution >= 4 is 22.9 Å². The summed E-state index contributed by atoms with van der Waals surface area (Å²) < 4.78 is 1.62. The molecule has 1 aromatic carbocycles. The highest BCUT2D eigenvalue weighted by molar-refractivity contribution is 5.82. The Bertz CT molecular complexity index is 1050. The molecule has 0 atom stereocenters. The van der Waals surface area contributed by atoms with Crippen LogP contribution < -0.4 is 22.1 Å². The fraction of sp³-hybridized carbons (Fsp3) is 0.500. The highest BCUT2D eigenvalue weighted by Gasteiger charge is 2.15. The number of unbranched alkanes of at least 4 members (excludes halogenated alkanes) is 2. The molecule has 2 aromatic heterocycles. The van der Waals surface area contributed by atoms with E-state index in [1.54, 1.807) is 4.57 Å². The minimum atomic E-state index is -0.232. The van der Waals surface area contributed by atoms with Gasteiger partial charge in [0.05, 0.1) is 6.54 Å². The number of aromatic amines is 1. The van der Waals surface area contributed by atoms with Crippen molar-refractivity contribution in [1.82, 2.24) is 29.7 Å². The van der Waals surface area contributed by atoms with Crippen LogP contribution in [0.5, 0.6) is 0 Å². The van der Waals surface area contributed by atoms with Crippen molar-refractivity contribution in [3.8, 4) is 0 Å². The second-order valence-corrected chi connectivity index (χ2v) is 8.12. The standard InChI is InChI=1S/C22H32N8O/c1-2-3-4-9-25-21-27-19(23)18-20(28-21)30(22(31)26-18)15-17-7-5-16(6-8-17)14-29-12-10-24-11-13-29/h5-8,24H,2-4,9-15H2,1H3,(H,26,31)(H3,23,25,27,28). The number of imidazole rings is 1. The van der Waals surface area contributed by atoms with E-state index in [0.29, 0.717) is 23.7 Å². The van der Waals surface area contributed by atoms with Crippen LogP contribution in [-0.4, -0.2) is 57.1 Å². The van der Waals surface area contributed by atoms with Crippen LogP contribution >= 0.6 is 0 Å². The van der Waals surface area contributed by atoms with Crippen LogP contribution in [0.15, 0.2) is 29.1 Å². The molecule has 1 fully saturated rings. The molecule has 166 valence electrons. The normalized spacial score (nSPS) is 14.9. The van der Waals surface area contributed by atoms with E-state index in [1.807, 2.05) is 0 Å². The molecule has 1 aliphatic heterocycles. The first kappa shape index (κ1) is 21.3.